The SMILES string of the molecule is O[C@H](CN1C[C@@H]2C[C@@H](Oc3ccc(F)cc3F)C[C@]2(O)C1)c1ccc2c(cnn2C2CCCCO2)c1. The van der Waals surface area contributed by atoms with Gasteiger partial charge in [-0.25, -0.2) is 13.5 Å². The Morgan fingerprint density at radius 2 is 2.08 bits per heavy atom. The van der Waals surface area contributed by atoms with E-state index in [4.69, 9.17) is 9.47 Å². The number of aromatic nitrogens is 2. The van der Waals surface area contributed by atoms with Gasteiger partial charge in [0.2, 0.25) is 0 Å². The maximum atomic E-state index is 14.0. The lowest BCUT2D eigenvalue weighted by Crippen LogP contribution is -2.36. The van der Waals surface area contributed by atoms with Gasteiger partial charge in [0, 0.05) is 50.0 Å². The van der Waals surface area contributed by atoms with Gasteiger partial charge in [0.05, 0.1) is 23.4 Å². The van der Waals surface area contributed by atoms with Gasteiger partial charge in [0.15, 0.2) is 17.8 Å². The molecular weight excluding hydrogens is 468 g/mol. The number of aliphatic hydroxyl groups excluding tert-OH is 1. The smallest absolute Gasteiger partial charge is 0.167 e. The molecule has 2 saturated heterocycles. The monoisotopic (exact) mass is 499 g/mol. The molecular formula is C27H31F2N3O4. The first-order valence-corrected chi connectivity index (χ1v) is 12.7. The van der Waals surface area contributed by atoms with Gasteiger partial charge in [0.25, 0.3) is 0 Å². The van der Waals surface area contributed by atoms with E-state index in [-0.39, 0.29) is 24.0 Å². The molecule has 3 heterocycles. The van der Waals surface area contributed by atoms with Crippen LogP contribution >= 0.6 is 0 Å². The van der Waals surface area contributed by atoms with E-state index in [1.54, 1.807) is 0 Å². The summed E-state index contributed by atoms with van der Waals surface area (Å²) in [7, 11) is 0. The van der Waals surface area contributed by atoms with Crippen LogP contribution < -0.4 is 4.74 Å². The summed E-state index contributed by atoms with van der Waals surface area (Å²) in [5, 5.41) is 27.7. The van der Waals surface area contributed by atoms with E-state index in [1.807, 2.05) is 29.1 Å². The number of benzene rings is 2. The number of nitrogens with zero attached hydrogens (tertiary/aromatic N) is 3. The first-order valence-electron chi connectivity index (χ1n) is 12.7. The van der Waals surface area contributed by atoms with Gasteiger partial charge >= 0.3 is 0 Å². The zero-order chi connectivity index (χ0) is 24.9. The Hall–Kier alpha value is -2.59. The fourth-order valence-corrected chi connectivity index (χ4v) is 6.14. The summed E-state index contributed by atoms with van der Waals surface area (Å²) >= 11 is 0. The van der Waals surface area contributed by atoms with Gasteiger partial charge in [-0.1, -0.05) is 6.07 Å². The van der Waals surface area contributed by atoms with Crippen molar-refractivity contribution in [3.05, 3.63) is 59.8 Å². The van der Waals surface area contributed by atoms with Crippen LogP contribution in [0.25, 0.3) is 10.9 Å². The number of hydrogen-bond donors (Lipinski definition) is 2. The number of rotatable bonds is 6. The highest BCUT2D eigenvalue weighted by atomic mass is 19.1. The van der Waals surface area contributed by atoms with Crippen LogP contribution in [-0.2, 0) is 4.74 Å². The average Bonchev–Trinajstić information content (AvgIpc) is 3.50. The molecule has 2 N–H and O–H groups in total. The molecule has 7 nitrogen and oxygen atoms in total. The topological polar surface area (TPSA) is 80.0 Å². The number of ether oxygens (including phenoxy) is 2. The number of hydrogen-bond acceptors (Lipinski definition) is 6. The van der Waals surface area contributed by atoms with Gasteiger partial charge in [-0.3, -0.25) is 4.90 Å². The van der Waals surface area contributed by atoms with Crippen LogP contribution in [0.2, 0.25) is 0 Å². The quantitative estimate of drug-likeness (QED) is 0.535. The van der Waals surface area contributed by atoms with E-state index in [9.17, 15) is 19.0 Å². The van der Waals surface area contributed by atoms with Gasteiger partial charge in [0.1, 0.15) is 11.9 Å². The third kappa shape index (κ3) is 4.49. The van der Waals surface area contributed by atoms with Crippen molar-refractivity contribution in [1.82, 2.24) is 14.7 Å². The molecule has 0 spiro atoms. The molecule has 5 atom stereocenters. The number of likely N-dealkylation sites (tertiary alicyclic amines) is 1. The molecule has 9 heteroatoms. The van der Waals surface area contributed by atoms with Crippen LogP contribution in [0.3, 0.4) is 0 Å². The first kappa shape index (κ1) is 23.8. The Balaban J connectivity index is 1.07. The second kappa shape index (κ2) is 9.37. The van der Waals surface area contributed by atoms with Gasteiger partial charge in [-0.15, -0.1) is 0 Å². The van der Waals surface area contributed by atoms with Crippen LogP contribution in [0.1, 0.15) is 50.0 Å². The van der Waals surface area contributed by atoms with Crippen molar-refractivity contribution >= 4 is 10.9 Å². The molecule has 0 amide bonds. The minimum Gasteiger partial charge on any atom is -0.487 e. The second-order valence-corrected chi connectivity index (χ2v) is 10.5. The van der Waals surface area contributed by atoms with E-state index in [2.05, 4.69) is 10.00 Å². The lowest BCUT2D eigenvalue weighted by molar-refractivity contribution is -0.0366. The average molecular weight is 500 g/mol. The molecule has 3 fully saturated rings. The molecule has 1 aromatic heterocycles. The predicted molar refractivity (Wildman–Crippen MR) is 128 cm³/mol. The lowest BCUT2D eigenvalue weighted by atomic mass is 9.95. The van der Waals surface area contributed by atoms with E-state index in [0.29, 0.717) is 32.5 Å². The highest BCUT2D eigenvalue weighted by Crippen LogP contribution is 2.43. The van der Waals surface area contributed by atoms with Crippen LogP contribution in [0.4, 0.5) is 8.78 Å². The summed E-state index contributed by atoms with van der Waals surface area (Å²) in [5.41, 5.74) is 0.849. The second-order valence-electron chi connectivity index (χ2n) is 10.5. The van der Waals surface area contributed by atoms with Crippen molar-refractivity contribution in [2.75, 3.05) is 26.2 Å². The van der Waals surface area contributed by atoms with E-state index in [0.717, 1.165) is 54.5 Å². The molecule has 1 unspecified atom stereocenters. The number of halogens is 2. The molecule has 6 rings (SSSR count). The standard InChI is InChI=1S/C27H31F2N3O4/c28-20-5-7-25(22(29)11-20)36-21-10-19-14-31(16-27(19,34)12-21)15-24(33)17-4-6-23-18(9-17)13-30-32(23)26-3-1-2-8-35-26/h4-7,9,11,13,19,21,24,26,33-34H,1-3,8,10,12,14-16H2/t19-,21+,24+,26?,27-/m0/s1. The molecule has 0 bridgehead atoms. The fraction of sp³-hybridized carbons (Fsp3) is 0.519. The van der Waals surface area contributed by atoms with Crippen molar-refractivity contribution < 1.29 is 28.5 Å². The van der Waals surface area contributed by atoms with E-state index >= 15 is 0 Å². The normalized spacial score (nSPS) is 29.5. The van der Waals surface area contributed by atoms with Crippen molar-refractivity contribution in [3.63, 3.8) is 0 Å². The Labute approximate surface area is 208 Å². The first-order chi connectivity index (χ1) is 17.4. The van der Waals surface area contributed by atoms with Crippen LogP contribution in [0, 0.1) is 17.6 Å². The highest BCUT2D eigenvalue weighted by Gasteiger charge is 2.53. The molecule has 2 aliphatic heterocycles. The zero-order valence-corrected chi connectivity index (χ0v) is 20.0. The zero-order valence-electron chi connectivity index (χ0n) is 20.0. The van der Waals surface area contributed by atoms with E-state index in [1.165, 1.54) is 6.07 Å². The van der Waals surface area contributed by atoms with E-state index < -0.39 is 23.3 Å². The summed E-state index contributed by atoms with van der Waals surface area (Å²) in [6.07, 6.45) is 4.85. The molecule has 1 saturated carbocycles. The summed E-state index contributed by atoms with van der Waals surface area (Å²) in [6.45, 7) is 2.20. The van der Waals surface area contributed by atoms with Crippen LogP contribution in [0.15, 0.2) is 42.6 Å². The number of fused-ring (bicyclic) bond motifs is 2. The minimum absolute atomic E-state index is 0.00557. The van der Waals surface area contributed by atoms with Crippen molar-refractivity contribution in [2.45, 2.75) is 56.1 Å². The Bertz CT molecular complexity index is 1250. The third-order valence-corrected chi connectivity index (χ3v) is 7.92. The predicted octanol–water partition coefficient (Wildman–Crippen LogP) is 3.95. The third-order valence-electron chi connectivity index (χ3n) is 7.92. The summed E-state index contributed by atoms with van der Waals surface area (Å²) < 4.78 is 40.7. The van der Waals surface area contributed by atoms with Crippen molar-refractivity contribution in [2.24, 2.45) is 5.92 Å². The molecule has 1 aliphatic carbocycles. The minimum atomic E-state index is -0.952. The van der Waals surface area contributed by atoms with Crippen molar-refractivity contribution in [3.8, 4) is 5.75 Å². The summed E-state index contributed by atoms with van der Waals surface area (Å²) in [4.78, 5) is 2.08. The molecule has 36 heavy (non-hydrogen) atoms. The highest BCUT2D eigenvalue weighted by molar-refractivity contribution is 5.79. The van der Waals surface area contributed by atoms with Gasteiger partial charge in [-0.05, 0) is 55.5 Å². The van der Waals surface area contributed by atoms with Gasteiger partial charge < -0.3 is 19.7 Å². The van der Waals surface area contributed by atoms with Crippen molar-refractivity contribution in [1.29, 1.82) is 0 Å². The maximum absolute atomic E-state index is 14.0. The van der Waals surface area contributed by atoms with Crippen LogP contribution in [0.5, 0.6) is 5.75 Å². The molecule has 192 valence electrons. The fourth-order valence-electron chi connectivity index (χ4n) is 6.14. The molecule has 3 aliphatic rings. The Kier molecular flexibility index (Phi) is 6.19. The molecule has 3 aromatic rings. The number of β-amino-alcohol motifs (C(OH)–C–C–N with tert-alkyl or cyclic N) is 2. The van der Waals surface area contributed by atoms with Crippen LogP contribution in [-0.4, -0.2) is 62.8 Å². The molecule has 2 aromatic carbocycles. The number of aliphatic hydroxyl groups is 2. The summed E-state index contributed by atoms with van der Waals surface area (Å²) in [5.74, 6) is -1.42. The summed E-state index contributed by atoms with van der Waals surface area (Å²) in [6, 6.07) is 9.14. The maximum Gasteiger partial charge on any atom is 0.167 e. The lowest BCUT2D eigenvalue weighted by Gasteiger charge is -2.25. The Morgan fingerprint density at radius 1 is 1.19 bits per heavy atom. The Morgan fingerprint density at radius 3 is 2.86 bits per heavy atom. The largest absolute Gasteiger partial charge is 0.487 e. The molecule has 0 radical (unpaired) electrons. The van der Waals surface area contributed by atoms with Gasteiger partial charge in [-0.2, -0.15) is 5.10 Å².